The lowest BCUT2D eigenvalue weighted by Gasteiger charge is -2.16. The van der Waals surface area contributed by atoms with E-state index in [2.05, 4.69) is 5.32 Å². The smallest absolute Gasteiger partial charge is 0.329 e. The van der Waals surface area contributed by atoms with E-state index in [1.807, 2.05) is 0 Å². The van der Waals surface area contributed by atoms with Gasteiger partial charge >= 0.3 is 5.97 Å². The van der Waals surface area contributed by atoms with Crippen LogP contribution >= 0.6 is 11.6 Å². The quantitative estimate of drug-likeness (QED) is 0.877. The number of benzene rings is 1. The number of aliphatic carboxylic acids is 1. The first-order valence-corrected chi connectivity index (χ1v) is 6.38. The number of rotatable bonds is 3. The molecule has 0 bridgehead atoms. The van der Waals surface area contributed by atoms with Crippen LogP contribution in [0.4, 0.5) is 0 Å². The third kappa shape index (κ3) is 2.14. The van der Waals surface area contributed by atoms with Crippen molar-refractivity contribution in [1.82, 2.24) is 5.32 Å². The number of hydrogen-bond donors (Lipinski definition) is 2. The molecule has 1 atom stereocenters. The van der Waals surface area contributed by atoms with Crippen LogP contribution in [-0.4, -0.2) is 28.6 Å². The van der Waals surface area contributed by atoms with E-state index in [0.717, 1.165) is 5.56 Å². The summed E-state index contributed by atoms with van der Waals surface area (Å²) in [6, 6.07) is 5.17. The number of ether oxygens (including phenoxy) is 1. The van der Waals surface area contributed by atoms with Crippen molar-refractivity contribution in [2.75, 3.05) is 0 Å². The van der Waals surface area contributed by atoms with E-state index in [1.54, 1.807) is 18.2 Å². The molecule has 3 rings (SSSR count). The molecule has 1 unspecified atom stereocenters. The van der Waals surface area contributed by atoms with Crippen LogP contribution < -0.4 is 10.1 Å². The molecular formula is C13H12ClNO4. The summed E-state index contributed by atoms with van der Waals surface area (Å²) in [6.45, 7) is 0. The largest absolute Gasteiger partial charge is 0.480 e. The molecule has 0 aromatic heterocycles. The molecule has 1 amide bonds. The number of carboxylic acid groups (broad SMARTS) is 1. The molecule has 1 aromatic carbocycles. The second-order valence-electron chi connectivity index (χ2n) is 4.94. The Kier molecular flexibility index (Phi) is 2.67. The summed E-state index contributed by atoms with van der Waals surface area (Å²) in [7, 11) is 0. The third-order valence-corrected chi connectivity index (χ3v) is 3.75. The fourth-order valence-corrected chi connectivity index (χ4v) is 2.39. The third-order valence-electron chi connectivity index (χ3n) is 3.51. The zero-order valence-electron chi connectivity index (χ0n) is 9.98. The molecule has 1 aliphatic carbocycles. The van der Waals surface area contributed by atoms with Crippen LogP contribution in [0, 0.1) is 0 Å². The van der Waals surface area contributed by atoms with Crippen molar-refractivity contribution in [2.24, 2.45) is 0 Å². The van der Waals surface area contributed by atoms with E-state index < -0.39 is 17.6 Å². The lowest BCUT2D eigenvalue weighted by Crippen LogP contribution is -2.48. The standard InChI is InChI=1S/C13H12ClNO4/c14-8-1-2-9-7(5-8)6-10(19-9)11(16)15-13(3-4-13)12(17)18/h1-2,5,10H,3-4,6H2,(H,15,16)(H,17,18). The summed E-state index contributed by atoms with van der Waals surface area (Å²) in [4.78, 5) is 23.1. The molecule has 19 heavy (non-hydrogen) atoms. The molecule has 5 nitrogen and oxygen atoms in total. The van der Waals surface area contributed by atoms with Crippen LogP contribution in [0.3, 0.4) is 0 Å². The first-order chi connectivity index (χ1) is 9.00. The van der Waals surface area contributed by atoms with E-state index in [1.165, 1.54) is 0 Å². The molecule has 2 aliphatic rings. The van der Waals surface area contributed by atoms with Gasteiger partial charge in [-0.1, -0.05) is 11.6 Å². The lowest BCUT2D eigenvalue weighted by molar-refractivity contribution is -0.144. The Morgan fingerprint density at radius 1 is 1.42 bits per heavy atom. The van der Waals surface area contributed by atoms with E-state index in [0.29, 0.717) is 30.0 Å². The minimum Gasteiger partial charge on any atom is -0.480 e. The number of hydrogen-bond acceptors (Lipinski definition) is 3. The van der Waals surface area contributed by atoms with Gasteiger partial charge in [0, 0.05) is 11.4 Å². The molecule has 1 aromatic rings. The second-order valence-corrected chi connectivity index (χ2v) is 5.38. The second kappa shape index (κ2) is 4.13. The zero-order valence-corrected chi connectivity index (χ0v) is 10.7. The fraction of sp³-hybridized carbons (Fsp3) is 0.385. The van der Waals surface area contributed by atoms with Crippen molar-refractivity contribution >= 4 is 23.5 Å². The SMILES string of the molecule is O=C(NC1(C(=O)O)CC1)C1Cc2cc(Cl)ccc2O1. The van der Waals surface area contributed by atoms with Gasteiger partial charge in [-0.15, -0.1) is 0 Å². The number of carboxylic acids is 1. The highest BCUT2D eigenvalue weighted by molar-refractivity contribution is 6.30. The molecule has 6 heteroatoms. The van der Waals surface area contributed by atoms with Crippen molar-refractivity contribution in [3.8, 4) is 5.75 Å². The highest BCUT2D eigenvalue weighted by atomic mass is 35.5. The van der Waals surface area contributed by atoms with Crippen molar-refractivity contribution in [3.05, 3.63) is 28.8 Å². The minimum absolute atomic E-state index is 0.382. The number of carbonyl (C=O) groups excluding carboxylic acids is 1. The number of carbonyl (C=O) groups is 2. The molecule has 1 aliphatic heterocycles. The Balaban J connectivity index is 1.69. The van der Waals surface area contributed by atoms with Crippen molar-refractivity contribution in [2.45, 2.75) is 30.9 Å². The number of fused-ring (bicyclic) bond motifs is 1. The summed E-state index contributed by atoms with van der Waals surface area (Å²) >= 11 is 5.87. The van der Waals surface area contributed by atoms with Crippen LogP contribution in [-0.2, 0) is 16.0 Å². The van der Waals surface area contributed by atoms with E-state index in [9.17, 15) is 9.59 Å². The maximum atomic E-state index is 12.0. The summed E-state index contributed by atoms with van der Waals surface area (Å²) in [5.74, 6) is -0.739. The van der Waals surface area contributed by atoms with Gasteiger partial charge in [0.1, 0.15) is 11.3 Å². The van der Waals surface area contributed by atoms with Crippen LogP contribution in [0.5, 0.6) is 5.75 Å². The first kappa shape index (κ1) is 12.3. The van der Waals surface area contributed by atoms with Gasteiger partial charge in [0.2, 0.25) is 0 Å². The molecular weight excluding hydrogens is 270 g/mol. The van der Waals surface area contributed by atoms with Crippen LogP contribution in [0.15, 0.2) is 18.2 Å². The van der Waals surface area contributed by atoms with Gasteiger partial charge in [0.25, 0.3) is 5.91 Å². The molecule has 1 fully saturated rings. The summed E-state index contributed by atoms with van der Waals surface area (Å²) < 4.78 is 5.51. The molecule has 0 spiro atoms. The number of halogens is 1. The van der Waals surface area contributed by atoms with E-state index in [-0.39, 0.29) is 5.91 Å². The Labute approximate surface area is 114 Å². The first-order valence-electron chi connectivity index (χ1n) is 6.01. The maximum Gasteiger partial charge on any atom is 0.329 e. The highest BCUT2D eigenvalue weighted by Crippen LogP contribution is 2.37. The minimum atomic E-state index is -1.08. The zero-order chi connectivity index (χ0) is 13.6. The van der Waals surface area contributed by atoms with Gasteiger partial charge in [-0.05, 0) is 36.6 Å². The number of amides is 1. The molecule has 1 saturated carbocycles. The lowest BCUT2D eigenvalue weighted by atomic mass is 10.1. The van der Waals surface area contributed by atoms with Gasteiger partial charge in [0.15, 0.2) is 6.10 Å². The summed E-state index contributed by atoms with van der Waals surface area (Å²) in [6.07, 6.45) is 0.682. The van der Waals surface area contributed by atoms with E-state index in [4.69, 9.17) is 21.4 Å². The molecule has 1 heterocycles. The average molecular weight is 282 g/mol. The Morgan fingerprint density at radius 3 is 2.79 bits per heavy atom. The fourth-order valence-electron chi connectivity index (χ4n) is 2.20. The molecule has 2 N–H and O–H groups in total. The van der Waals surface area contributed by atoms with Crippen LogP contribution in [0.1, 0.15) is 18.4 Å². The predicted molar refractivity (Wildman–Crippen MR) is 67.3 cm³/mol. The molecule has 0 saturated heterocycles. The van der Waals surface area contributed by atoms with Gasteiger partial charge in [-0.3, -0.25) is 4.79 Å². The summed E-state index contributed by atoms with van der Waals surface area (Å²) in [5.41, 5.74) is -0.208. The average Bonchev–Trinajstić information content (AvgIpc) is 3.01. The Bertz CT molecular complexity index is 568. The van der Waals surface area contributed by atoms with Gasteiger partial charge < -0.3 is 15.2 Å². The highest BCUT2D eigenvalue weighted by Gasteiger charge is 2.52. The Hall–Kier alpha value is -1.75. The molecule has 100 valence electrons. The normalized spacial score (nSPS) is 22.3. The molecule has 0 radical (unpaired) electrons. The van der Waals surface area contributed by atoms with Gasteiger partial charge in [-0.25, -0.2) is 4.79 Å². The van der Waals surface area contributed by atoms with Gasteiger partial charge in [0.05, 0.1) is 0 Å². The topological polar surface area (TPSA) is 75.6 Å². The van der Waals surface area contributed by atoms with Crippen molar-refractivity contribution in [3.63, 3.8) is 0 Å². The maximum absolute atomic E-state index is 12.0. The van der Waals surface area contributed by atoms with E-state index >= 15 is 0 Å². The Morgan fingerprint density at radius 2 is 2.16 bits per heavy atom. The van der Waals surface area contributed by atoms with Gasteiger partial charge in [-0.2, -0.15) is 0 Å². The summed E-state index contributed by atoms with van der Waals surface area (Å²) in [5, 5.41) is 12.2. The predicted octanol–water partition coefficient (Wildman–Crippen LogP) is 1.38. The van der Waals surface area contributed by atoms with Crippen LogP contribution in [0.25, 0.3) is 0 Å². The monoisotopic (exact) mass is 281 g/mol. The van der Waals surface area contributed by atoms with Crippen molar-refractivity contribution in [1.29, 1.82) is 0 Å². The number of nitrogens with one attached hydrogen (secondary N) is 1. The van der Waals surface area contributed by atoms with Crippen molar-refractivity contribution < 1.29 is 19.4 Å². The van der Waals surface area contributed by atoms with Crippen LogP contribution in [0.2, 0.25) is 5.02 Å².